The van der Waals surface area contributed by atoms with Gasteiger partial charge in [0.05, 0.1) is 48.1 Å². The third-order valence-electron chi connectivity index (χ3n) is 7.10. The number of ether oxygens (including phenoxy) is 6. The number of benzene rings is 3. The van der Waals surface area contributed by atoms with E-state index in [9.17, 15) is 0 Å². The van der Waals surface area contributed by atoms with Gasteiger partial charge in [-0.1, -0.05) is 0 Å². The van der Waals surface area contributed by atoms with Gasteiger partial charge in [-0.15, -0.1) is 0 Å². The summed E-state index contributed by atoms with van der Waals surface area (Å²) in [6, 6.07) is 17.7. The summed E-state index contributed by atoms with van der Waals surface area (Å²) in [5.41, 5.74) is 3.09. The quantitative estimate of drug-likeness (QED) is 0.219. The van der Waals surface area contributed by atoms with Gasteiger partial charge >= 0.3 is 0 Å². The number of quaternary nitrogens is 1. The number of hydrogen-bond donors (Lipinski definition) is 0. The molecule has 0 aliphatic carbocycles. The molecule has 0 N–H and O–H groups in total. The summed E-state index contributed by atoms with van der Waals surface area (Å²) in [6.45, 7) is 11.6. The summed E-state index contributed by atoms with van der Waals surface area (Å²) < 4.78 is 35.2. The summed E-state index contributed by atoms with van der Waals surface area (Å²) in [4.78, 5) is 0. The molecular formula is C31H42NO6+. The standard InChI is InChI=1S/C31H42NO6/c1-8-32(9-2,10-3)20-23-11-30(37-21-24-13-26(33-4)17-27(14-24)34-5)19-31(12-23)38-22-25-15-28(35-6)18-29(16-25)36-7/h11-19H,8-10,20-22H2,1-7H3/q+1. The Hall–Kier alpha value is -3.58. The molecule has 206 valence electrons. The van der Waals surface area contributed by atoms with Crippen molar-refractivity contribution in [2.75, 3.05) is 48.1 Å². The lowest BCUT2D eigenvalue weighted by atomic mass is 10.1. The number of hydrogen-bond acceptors (Lipinski definition) is 6. The normalized spacial score (nSPS) is 11.1. The van der Waals surface area contributed by atoms with Crippen LogP contribution >= 0.6 is 0 Å². The Kier molecular flexibility index (Phi) is 10.5. The molecule has 0 aliphatic rings. The lowest BCUT2D eigenvalue weighted by Gasteiger charge is -2.36. The van der Waals surface area contributed by atoms with Crippen LogP contribution in [0.4, 0.5) is 0 Å². The summed E-state index contributed by atoms with van der Waals surface area (Å²) in [5.74, 6) is 4.42. The van der Waals surface area contributed by atoms with Crippen LogP contribution in [0.25, 0.3) is 0 Å². The van der Waals surface area contributed by atoms with Gasteiger partial charge in [0, 0.05) is 23.8 Å². The monoisotopic (exact) mass is 524 g/mol. The smallest absolute Gasteiger partial charge is 0.124 e. The Bertz CT molecular complexity index is 1040. The van der Waals surface area contributed by atoms with Crippen LogP contribution in [0.2, 0.25) is 0 Å². The molecule has 0 heterocycles. The Morgan fingerprint density at radius 3 is 1.08 bits per heavy atom. The third kappa shape index (κ3) is 7.71. The first kappa shape index (κ1) is 29.0. The van der Waals surface area contributed by atoms with E-state index in [2.05, 4.69) is 32.9 Å². The maximum absolute atomic E-state index is 6.27. The molecule has 0 saturated heterocycles. The van der Waals surface area contributed by atoms with E-state index in [1.165, 1.54) is 5.56 Å². The lowest BCUT2D eigenvalue weighted by Crippen LogP contribution is -2.46. The van der Waals surface area contributed by atoms with Crippen LogP contribution in [0.1, 0.15) is 37.5 Å². The van der Waals surface area contributed by atoms with Crippen LogP contribution in [-0.4, -0.2) is 52.6 Å². The predicted molar refractivity (Wildman–Crippen MR) is 150 cm³/mol. The van der Waals surface area contributed by atoms with E-state index in [1.807, 2.05) is 42.5 Å². The molecule has 0 aliphatic heterocycles. The second-order valence-electron chi connectivity index (χ2n) is 9.28. The van der Waals surface area contributed by atoms with Crippen molar-refractivity contribution in [2.45, 2.75) is 40.5 Å². The lowest BCUT2D eigenvalue weighted by molar-refractivity contribution is -0.936. The first-order valence-electron chi connectivity index (χ1n) is 13.1. The molecular weight excluding hydrogens is 482 g/mol. The second-order valence-corrected chi connectivity index (χ2v) is 9.28. The summed E-state index contributed by atoms with van der Waals surface area (Å²) in [6.07, 6.45) is 0. The van der Waals surface area contributed by atoms with E-state index in [0.717, 1.165) is 76.3 Å². The maximum Gasteiger partial charge on any atom is 0.124 e. The van der Waals surface area contributed by atoms with E-state index >= 15 is 0 Å². The minimum Gasteiger partial charge on any atom is -0.497 e. The molecule has 7 nitrogen and oxygen atoms in total. The molecule has 0 aromatic heterocycles. The minimum atomic E-state index is 0.374. The average Bonchev–Trinajstić information content (AvgIpc) is 2.97. The van der Waals surface area contributed by atoms with Crippen LogP contribution in [0, 0.1) is 0 Å². The summed E-state index contributed by atoms with van der Waals surface area (Å²) >= 11 is 0. The number of nitrogens with zero attached hydrogens (tertiary/aromatic N) is 1. The van der Waals surface area contributed by atoms with Crippen molar-refractivity contribution in [3.05, 3.63) is 71.3 Å². The van der Waals surface area contributed by atoms with Gasteiger partial charge in [-0.2, -0.15) is 0 Å². The van der Waals surface area contributed by atoms with Crippen LogP contribution < -0.4 is 28.4 Å². The van der Waals surface area contributed by atoms with Crippen molar-refractivity contribution in [2.24, 2.45) is 0 Å². The summed E-state index contributed by atoms with van der Waals surface area (Å²) in [5, 5.41) is 0. The van der Waals surface area contributed by atoms with E-state index < -0.39 is 0 Å². The second kappa shape index (κ2) is 13.8. The molecule has 0 atom stereocenters. The van der Waals surface area contributed by atoms with Gasteiger partial charge in [-0.3, -0.25) is 0 Å². The number of rotatable bonds is 15. The molecule has 0 spiro atoms. The van der Waals surface area contributed by atoms with Crippen LogP contribution in [0.3, 0.4) is 0 Å². The van der Waals surface area contributed by atoms with Crippen molar-refractivity contribution in [1.29, 1.82) is 0 Å². The molecule has 38 heavy (non-hydrogen) atoms. The third-order valence-corrected chi connectivity index (χ3v) is 7.10. The zero-order chi connectivity index (χ0) is 27.5. The fourth-order valence-electron chi connectivity index (χ4n) is 4.51. The fourth-order valence-corrected chi connectivity index (χ4v) is 4.51. The van der Waals surface area contributed by atoms with Gasteiger partial charge in [0.25, 0.3) is 0 Å². The first-order chi connectivity index (χ1) is 18.4. The Morgan fingerprint density at radius 1 is 0.447 bits per heavy atom. The van der Waals surface area contributed by atoms with E-state index in [1.54, 1.807) is 28.4 Å². The van der Waals surface area contributed by atoms with E-state index in [0.29, 0.717) is 13.2 Å². The highest BCUT2D eigenvalue weighted by Gasteiger charge is 2.22. The molecule has 0 fully saturated rings. The molecule has 7 heteroatoms. The van der Waals surface area contributed by atoms with Gasteiger partial charge < -0.3 is 32.9 Å². The average molecular weight is 525 g/mol. The van der Waals surface area contributed by atoms with Crippen molar-refractivity contribution in [1.82, 2.24) is 0 Å². The van der Waals surface area contributed by atoms with Gasteiger partial charge in [0.2, 0.25) is 0 Å². The molecule has 0 radical (unpaired) electrons. The highest BCUT2D eigenvalue weighted by atomic mass is 16.5. The van der Waals surface area contributed by atoms with Gasteiger partial charge in [0.1, 0.15) is 54.3 Å². The zero-order valence-corrected chi connectivity index (χ0v) is 23.8. The Balaban J connectivity index is 1.87. The largest absolute Gasteiger partial charge is 0.497 e. The molecule has 3 aromatic carbocycles. The predicted octanol–water partition coefficient (Wildman–Crippen LogP) is 6.26. The van der Waals surface area contributed by atoms with Crippen molar-refractivity contribution >= 4 is 0 Å². The molecule has 0 unspecified atom stereocenters. The van der Waals surface area contributed by atoms with Crippen molar-refractivity contribution in [3.63, 3.8) is 0 Å². The maximum atomic E-state index is 6.27. The SMILES string of the molecule is CC[N+](CC)(CC)Cc1cc(OCc2cc(OC)cc(OC)c2)cc(OCc2cc(OC)cc(OC)c2)c1. The van der Waals surface area contributed by atoms with Gasteiger partial charge in [0.15, 0.2) is 0 Å². The molecule has 0 bridgehead atoms. The van der Waals surface area contributed by atoms with Crippen LogP contribution in [0.15, 0.2) is 54.6 Å². The highest BCUT2D eigenvalue weighted by Crippen LogP contribution is 2.30. The van der Waals surface area contributed by atoms with Crippen LogP contribution in [-0.2, 0) is 19.8 Å². The van der Waals surface area contributed by atoms with Gasteiger partial charge in [-0.25, -0.2) is 0 Å². The molecule has 3 aromatic rings. The first-order valence-corrected chi connectivity index (χ1v) is 13.1. The molecule has 0 saturated carbocycles. The minimum absolute atomic E-state index is 0.374. The van der Waals surface area contributed by atoms with Crippen molar-refractivity contribution < 1.29 is 32.9 Å². The highest BCUT2D eigenvalue weighted by molar-refractivity contribution is 5.41. The summed E-state index contributed by atoms with van der Waals surface area (Å²) in [7, 11) is 6.57. The Morgan fingerprint density at radius 2 is 0.763 bits per heavy atom. The van der Waals surface area contributed by atoms with Crippen LogP contribution in [0.5, 0.6) is 34.5 Å². The zero-order valence-electron chi connectivity index (χ0n) is 23.8. The number of methoxy groups -OCH3 is 4. The van der Waals surface area contributed by atoms with E-state index in [-0.39, 0.29) is 0 Å². The Labute approximate surface area is 227 Å². The fraction of sp³-hybridized carbons (Fsp3) is 0.419. The molecule has 3 rings (SSSR count). The van der Waals surface area contributed by atoms with Gasteiger partial charge in [-0.05, 0) is 68.3 Å². The van der Waals surface area contributed by atoms with Crippen molar-refractivity contribution in [3.8, 4) is 34.5 Å². The van der Waals surface area contributed by atoms with E-state index in [4.69, 9.17) is 28.4 Å². The molecule has 0 amide bonds. The topological polar surface area (TPSA) is 55.4 Å².